The molecular weight excluding hydrogens is 146 g/mol. The molecule has 0 aliphatic carbocycles. The number of hydroxylamine groups is 3. The fraction of sp³-hybridized carbons (Fsp3) is 0.714. The van der Waals surface area contributed by atoms with E-state index in [0.717, 1.165) is 6.42 Å². The molecule has 0 amide bonds. The van der Waals surface area contributed by atoms with Crippen molar-refractivity contribution in [1.82, 2.24) is 0 Å². The number of rotatable bonds is 5. The minimum absolute atomic E-state index is 0.000000000000000222. The van der Waals surface area contributed by atoms with E-state index in [2.05, 4.69) is 6.58 Å². The molecule has 2 N–H and O–H groups in total. The molecule has 66 valence electrons. The molecule has 1 unspecified atom stereocenters. The highest BCUT2D eigenvalue weighted by Gasteiger charge is 2.16. The van der Waals surface area contributed by atoms with E-state index >= 15 is 0 Å². The fourth-order valence-electron chi connectivity index (χ4n) is 0.942. The molecule has 0 aromatic carbocycles. The topological polar surface area (TPSA) is 63.5 Å². The molecule has 0 fully saturated rings. The standard InChI is InChI=1S/C7H15NO3/c1-3-5-7(4-2)6-8(9,10)11/h3,7,9-10H,1,4-6H2,2H3. The van der Waals surface area contributed by atoms with Gasteiger partial charge in [0.2, 0.25) is 0 Å². The molecule has 0 saturated carbocycles. The molecule has 0 rings (SSSR count). The van der Waals surface area contributed by atoms with Crippen LogP contribution in [0.15, 0.2) is 12.7 Å². The Morgan fingerprint density at radius 2 is 2.18 bits per heavy atom. The Hall–Kier alpha value is -0.420. The van der Waals surface area contributed by atoms with Crippen LogP contribution in [0.4, 0.5) is 0 Å². The van der Waals surface area contributed by atoms with Crippen molar-refractivity contribution in [2.24, 2.45) is 5.92 Å². The minimum Gasteiger partial charge on any atom is -0.564 e. The molecule has 0 aliphatic heterocycles. The van der Waals surface area contributed by atoms with Crippen molar-refractivity contribution in [3.63, 3.8) is 0 Å². The molecular formula is C7H15NO3. The third-order valence-electron chi connectivity index (χ3n) is 1.57. The lowest BCUT2D eigenvalue weighted by Gasteiger charge is -2.27. The SMILES string of the molecule is C=CCC(CC)C[N+]([O-])(O)O. The van der Waals surface area contributed by atoms with Gasteiger partial charge in [0.05, 0.1) is 0 Å². The first-order chi connectivity index (χ1) is 4.99. The van der Waals surface area contributed by atoms with Crippen LogP contribution in [-0.2, 0) is 0 Å². The molecule has 0 saturated heterocycles. The highest BCUT2D eigenvalue weighted by molar-refractivity contribution is 4.71. The van der Waals surface area contributed by atoms with E-state index in [-0.39, 0.29) is 12.5 Å². The van der Waals surface area contributed by atoms with Gasteiger partial charge in [-0.1, -0.05) is 18.0 Å². The van der Waals surface area contributed by atoms with Crippen molar-refractivity contribution in [1.29, 1.82) is 0 Å². The quantitative estimate of drug-likeness (QED) is 0.366. The second kappa shape index (κ2) is 4.46. The first-order valence-corrected chi connectivity index (χ1v) is 3.65. The zero-order valence-corrected chi connectivity index (χ0v) is 6.73. The maximum Gasteiger partial charge on any atom is 0.145 e. The summed E-state index contributed by atoms with van der Waals surface area (Å²) in [6.45, 7) is 5.21. The van der Waals surface area contributed by atoms with Gasteiger partial charge >= 0.3 is 0 Å². The average molecular weight is 161 g/mol. The smallest absolute Gasteiger partial charge is 0.145 e. The van der Waals surface area contributed by atoms with Gasteiger partial charge in [-0.25, -0.2) is 0 Å². The van der Waals surface area contributed by atoms with E-state index in [4.69, 9.17) is 10.4 Å². The summed E-state index contributed by atoms with van der Waals surface area (Å²) in [6, 6.07) is 0. The van der Waals surface area contributed by atoms with E-state index < -0.39 is 4.97 Å². The van der Waals surface area contributed by atoms with Crippen LogP contribution in [0.5, 0.6) is 0 Å². The molecule has 0 radical (unpaired) electrons. The lowest BCUT2D eigenvalue weighted by Crippen LogP contribution is -2.38. The van der Waals surface area contributed by atoms with Crippen molar-refractivity contribution in [2.75, 3.05) is 6.54 Å². The van der Waals surface area contributed by atoms with Gasteiger partial charge in [-0.15, -0.1) is 6.58 Å². The highest BCUT2D eigenvalue weighted by atomic mass is 17.1. The van der Waals surface area contributed by atoms with Gasteiger partial charge < -0.3 is 5.21 Å². The molecule has 1 atom stereocenters. The maximum absolute atomic E-state index is 10.4. The number of allylic oxidation sites excluding steroid dienone is 1. The van der Waals surface area contributed by atoms with Gasteiger partial charge in [0.1, 0.15) is 6.54 Å². The van der Waals surface area contributed by atoms with Crippen LogP contribution < -0.4 is 0 Å². The summed E-state index contributed by atoms with van der Waals surface area (Å²) in [7, 11) is 0. The summed E-state index contributed by atoms with van der Waals surface area (Å²) in [5.74, 6) is -0.000000000000000222. The molecule has 0 spiro atoms. The fourth-order valence-corrected chi connectivity index (χ4v) is 0.942. The highest BCUT2D eigenvalue weighted by Crippen LogP contribution is 2.12. The number of hydrogen-bond donors (Lipinski definition) is 2. The molecule has 0 aromatic rings. The summed E-state index contributed by atoms with van der Waals surface area (Å²) >= 11 is 0. The van der Waals surface area contributed by atoms with Crippen LogP contribution in [0.3, 0.4) is 0 Å². The van der Waals surface area contributed by atoms with Crippen LogP contribution in [0.1, 0.15) is 19.8 Å². The van der Waals surface area contributed by atoms with Crippen LogP contribution in [0.25, 0.3) is 0 Å². The van der Waals surface area contributed by atoms with Gasteiger partial charge in [0.25, 0.3) is 0 Å². The summed E-state index contributed by atoms with van der Waals surface area (Å²) in [5.41, 5.74) is 0. The van der Waals surface area contributed by atoms with Gasteiger partial charge in [-0.2, -0.15) is 10.4 Å². The Morgan fingerprint density at radius 1 is 1.64 bits per heavy atom. The van der Waals surface area contributed by atoms with E-state index in [9.17, 15) is 5.21 Å². The van der Waals surface area contributed by atoms with Gasteiger partial charge in [-0.3, -0.25) is 0 Å². The maximum atomic E-state index is 10.4. The summed E-state index contributed by atoms with van der Waals surface area (Å²) in [4.78, 5) is -2.19. The first kappa shape index (κ1) is 10.6. The lowest BCUT2D eigenvalue weighted by molar-refractivity contribution is -1.21. The average Bonchev–Trinajstić information content (AvgIpc) is 1.84. The summed E-state index contributed by atoms with van der Waals surface area (Å²) in [6.07, 6.45) is 3.05. The van der Waals surface area contributed by atoms with Crippen LogP contribution in [-0.4, -0.2) is 21.9 Å². The predicted molar refractivity (Wildman–Crippen MR) is 40.7 cm³/mol. The normalized spacial score (nSPS) is 14.5. The van der Waals surface area contributed by atoms with Crippen molar-refractivity contribution < 1.29 is 15.4 Å². The molecule has 0 aliphatic rings. The monoisotopic (exact) mass is 161 g/mol. The third kappa shape index (κ3) is 6.00. The Labute approximate surface area is 66.5 Å². The number of nitrogens with zero attached hydrogens (tertiary/aromatic N) is 1. The van der Waals surface area contributed by atoms with Crippen LogP contribution >= 0.6 is 0 Å². The Bertz CT molecular complexity index is 119. The predicted octanol–water partition coefficient (Wildman–Crippen LogP) is 1.68. The van der Waals surface area contributed by atoms with Gasteiger partial charge in [0.15, 0.2) is 0 Å². The molecule has 11 heavy (non-hydrogen) atoms. The molecule has 0 heterocycles. The summed E-state index contributed by atoms with van der Waals surface area (Å²) in [5, 5.41) is 27.3. The third-order valence-corrected chi connectivity index (χ3v) is 1.57. The van der Waals surface area contributed by atoms with Crippen molar-refractivity contribution in [3.8, 4) is 0 Å². The van der Waals surface area contributed by atoms with Crippen molar-refractivity contribution in [2.45, 2.75) is 19.8 Å². The van der Waals surface area contributed by atoms with E-state index in [0.29, 0.717) is 6.42 Å². The Balaban J connectivity index is 3.77. The zero-order valence-electron chi connectivity index (χ0n) is 6.73. The Kier molecular flexibility index (Phi) is 4.29. The molecule has 4 nitrogen and oxygen atoms in total. The number of hydrogen-bond acceptors (Lipinski definition) is 3. The lowest BCUT2D eigenvalue weighted by atomic mass is 10.0. The largest absolute Gasteiger partial charge is 0.564 e. The van der Waals surface area contributed by atoms with Crippen molar-refractivity contribution >= 4 is 0 Å². The van der Waals surface area contributed by atoms with Crippen molar-refractivity contribution in [3.05, 3.63) is 17.9 Å². The Morgan fingerprint density at radius 3 is 2.45 bits per heavy atom. The van der Waals surface area contributed by atoms with Crippen LogP contribution in [0, 0.1) is 11.1 Å². The van der Waals surface area contributed by atoms with E-state index in [1.807, 2.05) is 6.92 Å². The molecule has 4 heteroatoms. The van der Waals surface area contributed by atoms with E-state index in [1.165, 1.54) is 0 Å². The summed E-state index contributed by atoms with van der Waals surface area (Å²) < 4.78 is 0. The second-order valence-corrected chi connectivity index (χ2v) is 2.65. The van der Waals surface area contributed by atoms with Gasteiger partial charge in [-0.05, 0) is 12.8 Å². The van der Waals surface area contributed by atoms with Gasteiger partial charge in [0, 0.05) is 5.92 Å². The second-order valence-electron chi connectivity index (χ2n) is 2.65. The minimum atomic E-state index is -2.19. The molecule has 0 aromatic heterocycles. The number of quaternary nitrogens is 1. The van der Waals surface area contributed by atoms with E-state index in [1.54, 1.807) is 6.08 Å². The first-order valence-electron chi connectivity index (χ1n) is 3.65. The molecule has 0 bridgehead atoms. The van der Waals surface area contributed by atoms with Crippen LogP contribution in [0.2, 0.25) is 0 Å². The zero-order chi connectivity index (χ0) is 8.91.